The molecule has 0 aromatic heterocycles. The van der Waals surface area contributed by atoms with Gasteiger partial charge in [-0.15, -0.1) is 11.3 Å². The largest absolute Gasteiger partial charge is 1.00 e. The Morgan fingerprint density at radius 3 is 2.53 bits per heavy atom. The standard InChI is InChI=1S/C16H11NO2.C8H16N2O3.CH3.K/c17-11-1-2-13-3-5-14(6-4-13)15-7-9-16(10-8-15)19-12-18;1-12-6-2-3-13-7(8(9)11)5-10-4-6;;/h3-9H,1-2H2;6-7,10H,2-5H2,1H3,(H2,9,11);1H3;/q-2;;-1;+1. The third kappa shape index (κ3) is 11.7. The summed E-state index contributed by atoms with van der Waals surface area (Å²) in [6.45, 7) is 3.09. The number of primary amides is 1. The zero-order valence-electron chi connectivity index (χ0n) is 20.0. The maximum absolute atomic E-state index is 10.8. The van der Waals surface area contributed by atoms with E-state index in [0.717, 1.165) is 36.1 Å². The van der Waals surface area contributed by atoms with Crippen LogP contribution in [-0.2, 0) is 25.5 Å². The Kier molecular flexibility index (Phi) is 17.8. The molecule has 178 valence electrons. The molecule has 2 atom stereocenters. The van der Waals surface area contributed by atoms with Crippen molar-refractivity contribution in [2.75, 3.05) is 26.8 Å². The van der Waals surface area contributed by atoms with Crippen LogP contribution in [0.1, 0.15) is 18.4 Å². The van der Waals surface area contributed by atoms with Crippen LogP contribution in [0.5, 0.6) is 5.75 Å². The summed E-state index contributed by atoms with van der Waals surface area (Å²) in [6.07, 6.45) is 1.74. The van der Waals surface area contributed by atoms with Gasteiger partial charge in [-0.25, -0.2) is 12.1 Å². The number of nitriles is 1. The molecule has 0 bridgehead atoms. The number of ether oxygens (including phenoxy) is 3. The summed E-state index contributed by atoms with van der Waals surface area (Å²) >= 11 is 0. The third-order valence-corrected chi connectivity index (χ3v) is 4.86. The van der Waals surface area contributed by atoms with Crippen molar-refractivity contribution >= 4 is 12.4 Å². The zero-order valence-corrected chi connectivity index (χ0v) is 23.1. The molecule has 9 heteroatoms. The van der Waals surface area contributed by atoms with Gasteiger partial charge in [0.05, 0.1) is 18.8 Å². The van der Waals surface area contributed by atoms with E-state index in [2.05, 4.69) is 22.2 Å². The van der Waals surface area contributed by atoms with Gasteiger partial charge in [0.1, 0.15) is 6.10 Å². The van der Waals surface area contributed by atoms with Crippen molar-refractivity contribution in [3.8, 4) is 22.9 Å². The Morgan fingerprint density at radius 2 is 1.97 bits per heavy atom. The van der Waals surface area contributed by atoms with Crippen LogP contribution >= 0.6 is 0 Å². The molecule has 0 aliphatic carbocycles. The second-order valence-electron chi connectivity index (χ2n) is 7.05. The van der Waals surface area contributed by atoms with E-state index in [1.54, 1.807) is 19.2 Å². The number of carbonyl (C=O) groups is 1. The van der Waals surface area contributed by atoms with Crippen LogP contribution in [0.25, 0.3) is 11.1 Å². The molecule has 1 aliphatic rings. The number of carbonyl (C=O) groups excluding carboxylic acids is 2. The Labute approximate surface area is 244 Å². The van der Waals surface area contributed by atoms with E-state index in [9.17, 15) is 9.59 Å². The average molecular weight is 492 g/mol. The molecular weight excluding hydrogens is 461 g/mol. The van der Waals surface area contributed by atoms with E-state index in [-0.39, 0.29) is 64.9 Å². The SMILES string of the molecule is COC1CCOC(C(N)=O)CNC1.N#CCCc1ccc(-c2c[c-]c(O[C-]=O)cc2)cc1.[CH3-].[K+]. The Morgan fingerprint density at radius 1 is 1.26 bits per heavy atom. The third-order valence-electron chi connectivity index (χ3n) is 4.86. The minimum Gasteiger partial charge on any atom is -0.634 e. The first-order valence-corrected chi connectivity index (χ1v) is 10.2. The van der Waals surface area contributed by atoms with Crippen molar-refractivity contribution in [2.45, 2.75) is 31.5 Å². The van der Waals surface area contributed by atoms with E-state index in [4.69, 9.17) is 20.5 Å². The number of hydrogen-bond donors (Lipinski definition) is 2. The molecule has 8 nitrogen and oxygen atoms in total. The maximum Gasteiger partial charge on any atom is 1.00 e. The molecule has 0 radical (unpaired) electrons. The molecule has 2 aromatic carbocycles. The van der Waals surface area contributed by atoms with Crippen LogP contribution in [0.3, 0.4) is 0 Å². The number of benzene rings is 2. The predicted octanol–water partition coefficient (Wildman–Crippen LogP) is -0.625. The molecule has 1 heterocycles. The Bertz CT molecular complexity index is 875. The monoisotopic (exact) mass is 491 g/mol. The fourth-order valence-electron chi connectivity index (χ4n) is 3.02. The van der Waals surface area contributed by atoms with Crippen molar-refractivity contribution in [2.24, 2.45) is 5.73 Å². The van der Waals surface area contributed by atoms with Gasteiger partial charge in [0.15, 0.2) is 6.47 Å². The number of rotatable bonds is 7. The number of nitrogens with two attached hydrogens (primary N) is 1. The fraction of sp³-hybridized carbons (Fsp3) is 0.360. The molecule has 1 aliphatic heterocycles. The van der Waals surface area contributed by atoms with Gasteiger partial charge in [-0.05, 0) is 18.4 Å². The summed E-state index contributed by atoms with van der Waals surface area (Å²) in [7, 11) is 1.67. The number of amides is 1. The number of nitrogens with zero attached hydrogens (tertiary/aromatic N) is 1. The minimum absolute atomic E-state index is 0. The van der Waals surface area contributed by atoms with Gasteiger partial charge in [0.2, 0.25) is 5.91 Å². The van der Waals surface area contributed by atoms with E-state index in [1.807, 2.05) is 30.3 Å². The summed E-state index contributed by atoms with van der Waals surface area (Å²) in [5.41, 5.74) is 8.31. The molecule has 1 amide bonds. The van der Waals surface area contributed by atoms with Gasteiger partial charge in [0, 0.05) is 26.6 Å². The Hall–Kier alpha value is -1.61. The minimum atomic E-state index is -0.502. The van der Waals surface area contributed by atoms with Crippen molar-refractivity contribution in [3.63, 3.8) is 0 Å². The summed E-state index contributed by atoms with van der Waals surface area (Å²) < 4.78 is 15.0. The molecule has 3 N–H and O–H groups in total. The predicted molar refractivity (Wildman–Crippen MR) is 125 cm³/mol. The molecule has 34 heavy (non-hydrogen) atoms. The number of hydrogen-bond acceptors (Lipinski definition) is 7. The zero-order chi connectivity index (χ0) is 23.2. The average Bonchev–Trinajstić information content (AvgIpc) is 2.79. The van der Waals surface area contributed by atoms with Crippen LogP contribution in [0.2, 0.25) is 0 Å². The number of nitrogens with one attached hydrogen (secondary N) is 1. The summed E-state index contributed by atoms with van der Waals surface area (Å²) in [5, 5.41) is 11.6. The molecule has 2 unspecified atom stereocenters. The van der Waals surface area contributed by atoms with Crippen LogP contribution < -0.4 is 67.2 Å². The maximum atomic E-state index is 10.8. The smallest absolute Gasteiger partial charge is 0.634 e. The molecule has 2 aromatic rings. The van der Waals surface area contributed by atoms with Gasteiger partial charge in [0.25, 0.3) is 0 Å². The molecule has 0 saturated carbocycles. The van der Waals surface area contributed by atoms with Crippen LogP contribution in [-0.4, -0.2) is 51.4 Å². The second-order valence-corrected chi connectivity index (χ2v) is 7.05. The van der Waals surface area contributed by atoms with E-state index in [0.29, 0.717) is 25.3 Å². The van der Waals surface area contributed by atoms with Gasteiger partial charge in [-0.3, -0.25) is 4.79 Å². The molecule has 3 rings (SSSR count). The van der Waals surface area contributed by atoms with E-state index < -0.39 is 12.0 Å². The summed E-state index contributed by atoms with van der Waals surface area (Å²) in [4.78, 5) is 20.9. The molecule has 0 spiro atoms. The van der Waals surface area contributed by atoms with Crippen molar-refractivity contribution in [3.05, 3.63) is 61.5 Å². The van der Waals surface area contributed by atoms with E-state index >= 15 is 0 Å². The topological polar surface area (TPSA) is 124 Å². The van der Waals surface area contributed by atoms with Gasteiger partial charge < -0.3 is 37.5 Å². The van der Waals surface area contributed by atoms with E-state index in [1.165, 1.54) is 6.47 Å². The normalized spacial score (nSPS) is 17.1. The first-order chi connectivity index (χ1) is 15.6. The summed E-state index contributed by atoms with van der Waals surface area (Å²) in [6, 6.07) is 18.3. The van der Waals surface area contributed by atoms with Crippen molar-refractivity contribution in [1.82, 2.24) is 5.32 Å². The summed E-state index contributed by atoms with van der Waals surface area (Å²) in [5.74, 6) is -0.0623. The van der Waals surface area contributed by atoms with Gasteiger partial charge in [-0.1, -0.05) is 29.8 Å². The quantitative estimate of drug-likeness (QED) is 0.391. The van der Waals surface area contributed by atoms with Crippen molar-refractivity contribution in [1.29, 1.82) is 5.26 Å². The van der Waals surface area contributed by atoms with Crippen LogP contribution in [0.15, 0.2) is 42.5 Å². The molecule has 1 fully saturated rings. The molecule has 1 saturated heterocycles. The van der Waals surface area contributed by atoms with Gasteiger partial charge >= 0.3 is 51.4 Å². The van der Waals surface area contributed by atoms with Gasteiger partial charge in [-0.2, -0.15) is 17.4 Å². The number of methoxy groups -OCH3 is 1. The first kappa shape index (κ1) is 32.4. The van der Waals surface area contributed by atoms with Crippen molar-refractivity contribution < 1.29 is 75.2 Å². The number of aryl methyl sites for hydroxylation is 1. The molecular formula is C25H30KN3O5-2. The fourth-order valence-corrected chi connectivity index (χ4v) is 3.02. The second kappa shape index (κ2) is 18.7. The van der Waals surface area contributed by atoms with Crippen LogP contribution in [0.4, 0.5) is 0 Å². The first-order valence-electron chi connectivity index (χ1n) is 10.2. The Balaban J connectivity index is 0.000000644. The van der Waals surface area contributed by atoms with Crippen LogP contribution in [0, 0.1) is 24.8 Å².